The van der Waals surface area contributed by atoms with Gasteiger partial charge in [0.15, 0.2) is 6.10 Å². The number of benzene rings is 1. The van der Waals surface area contributed by atoms with E-state index in [1.807, 2.05) is 0 Å². The van der Waals surface area contributed by atoms with Crippen LogP contribution in [0.5, 0.6) is 5.75 Å². The van der Waals surface area contributed by atoms with Gasteiger partial charge in [-0.15, -0.1) is 0 Å². The molecule has 1 atom stereocenters. The van der Waals surface area contributed by atoms with E-state index in [2.05, 4.69) is 0 Å². The first-order chi connectivity index (χ1) is 8.87. The lowest BCUT2D eigenvalue weighted by Gasteiger charge is -2.19. The first kappa shape index (κ1) is 16.1. The standard InChI is InChI=1S/C10H6F6O4/c11-9(12,13)4-2-1-3(6(17)8(19)20)5(7(4)18)10(14,15)16/h1-2,6,17-18H,(H,19,20). The minimum absolute atomic E-state index is 0.0616. The Morgan fingerprint density at radius 3 is 1.90 bits per heavy atom. The third kappa shape index (κ3) is 2.95. The zero-order chi connectivity index (χ0) is 15.9. The maximum absolute atomic E-state index is 12.7. The summed E-state index contributed by atoms with van der Waals surface area (Å²) in [6, 6.07) is 0.218. The fourth-order valence-corrected chi connectivity index (χ4v) is 1.49. The third-order valence-corrected chi connectivity index (χ3v) is 2.33. The number of aliphatic hydroxyl groups excluding tert-OH is 1. The molecule has 0 amide bonds. The van der Waals surface area contributed by atoms with E-state index >= 15 is 0 Å². The van der Waals surface area contributed by atoms with Gasteiger partial charge in [-0.05, 0) is 6.07 Å². The molecule has 1 aromatic rings. The number of alkyl halides is 6. The van der Waals surface area contributed by atoms with Crippen LogP contribution in [0.3, 0.4) is 0 Å². The Morgan fingerprint density at radius 1 is 1.05 bits per heavy atom. The second-order valence-electron chi connectivity index (χ2n) is 3.66. The summed E-state index contributed by atoms with van der Waals surface area (Å²) in [5.74, 6) is -4.28. The number of aromatic hydroxyl groups is 1. The van der Waals surface area contributed by atoms with Crippen LogP contribution >= 0.6 is 0 Å². The van der Waals surface area contributed by atoms with Crippen LogP contribution in [0.1, 0.15) is 22.8 Å². The summed E-state index contributed by atoms with van der Waals surface area (Å²) in [5.41, 5.74) is -5.59. The predicted molar refractivity (Wildman–Crippen MR) is 50.7 cm³/mol. The van der Waals surface area contributed by atoms with Crippen LogP contribution in [0.15, 0.2) is 12.1 Å². The highest BCUT2D eigenvalue weighted by molar-refractivity contribution is 5.75. The van der Waals surface area contributed by atoms with Gasteiger partial charge in [-0.1, -0.05) is 6.07 Å². The van der Waals surface area contributed by atoms with Gasteiger partial charge in [-0.2, -0.15) is 26.3 Å². The molecule has 0 bridgehead atoms. The van der Waals surface area contributed by atoms with E-state index in [0.29, 0.717) is 0 Å². The van der Waals surface area contributed by atoms with Gasteiger partial charge in [0, 0.05) is 5.56 Å². The number of hydrogen-bond acceptors (Lipinski definition) is 3. The van der Waals surface area contributed by atoms with E-state index in [4.69, 9.17) is 15.3 Å². The maximum atomic E-state index is 12.7. The van der Waals surface area contributed by atoms with Gasteiger partial charge >= 0.3 is 18.3 Å². The van der Waals surface area contributed by atoms with E-state index in [0.717, 1.165) is 0 Å². The van der Waals surface area contributed by atoms with Crippen molar-refractivity contribution in [2.45, 2.75) is 18.5 Å². The molecule has 0 aliphatic heterocycles. The van der Waals surface area contributed by atoms with Crippen LogP contribution in [0, 0.1) is 0 Å². The molecule has 10 heteroatoms. The molecule has 0 heterocycles. The molecule has 112 valence electrons. The highest BCUT2D eigenvalue weighted by Gasteiger charge is 2.44. The fourth-order valence-electron chi connectivity index (χ4n) is 1.49. The summed E-state index contributed by atoms with van der Waals surface area (Å²) in [6.45, 7) is 0. The minimum Gasteiger partial charge on any atom is -0.507 e. The van der Waals surface area contributed by atoms with Crippen molar-refractivity contribution < 1.29 is 46.5 Å². The highest BCUT2D eigenvalue weighted by Crippen LogP contribution is 2.46. The zero-order valence-electron chi connectivity index (χ0n) is 9.25. The van der Waals surface area contributed by atoms with Crippen LogP contribution in [-0.4, -0.2) is 21.3 Å². The molecule has 0 aromatic heterocycles. The molecular formula is C10H6F6O4. The van der Waals surface area contributed by atoms with Gasteiger partial charge in [-0.3, -0.25) is 0 Å². The van der Waals surface area contributed by atoms with Crippen molar-refractivity contribution in [2.24, 2.45) is 0 Å². The van der Waals surface area contributed by atoms with Gasteiger partial charge in [0.1, 0.15) is 11.3 Å². The topological polar surface area (TPSA) is 77.8 Å². The Labute approximate surface area is 106 Å². The molecule has 0 saturated heterocycles. The Hall–Kier alpha value is -1.97. The number of aliphatic carboxylic acids is 1. The summed E-state index contributed by atoms with van der Waals surface area (Å²) in [7, 11) is 0. The summed E-state index contributed by atoms with van der Waals surface area (Å²) in [5, 5.41) is 26.6. The van der Waals surface area contributed by atoms with Crippen molar-refractivity contribution in [1.29, 1.82) is 0 Å². The number of phenols is 1. The number of carboxylic acid groups (broad SMARTS) is 1. The first-order valence-corrected chi connectivity index (χ1v) is 4.78. The number of rotatable bonds is 2. The van der Waals surface area contributed by atoms with Crippen molar-refractivity contribution in [3.63, 3.8) is 0 Å². The van der Waals surface area contributed by atoms with E-state index in [-0.39, 0.29) is 12.1 Å². The first-order valence-electron chi connectivity index (χ1n) is 4.78. The molecular weight excluding hydrogens is 298 g/mol. The van der Waals surface area contributed by atoms with Crippen molar-refractivity contribution in [3.8, 4) is 5.75 Å². The average Bonchev–Trinajstić information content (AvgIpc) is 2.23. The molecule has 0 aliphatic carbocycles. The minimum atomic E-state index is -5.48. The number of halogens is 6. The average molecular weight is 304 g/mol. The summed E-state index contributed by atoms with van der Waals surface area (Å²) < 4.78 is 75.2. The Kier molecular flexibility index (Phi) is 3.90. The largest absolute Gasteiger partial charge is 0.507 e. The van der Waals surface area contributed by atoms with Crippen molar-refractivity contribution in [3.05, 3.63) is 28.8 Å². The predicted octanol–water partition coefficient (Wildman–Crippen LogP) is 2.55. The normalized spacial score (nSPS) is 14.2. The lowest BCUT2D eigenvalue weighted by molar-refractivity contribution is -0.150. The third-order valence-electron chi connectivity index (χ3n) is 2.33. The molecule has 20 heavy (non-hydrogen) atoms. The van der Waals surface area contributed by atoms with Crippen LogP contribution in [0.4, 0.5) is 26.3 Å². The van der Waals surface area contributed by atoms with E-state index in [1.165, 1.54) is 0 Å². The monoisotopic (exact) mass is 304 g/mol. The lowest BCUT2D eigenvalue weighted by Crippen LogP contribution is -2.19. The fraction of sp³-hybridized carbons (Fsp3) is 0.300. The van der Waals surface area contributed by atoms with Crippen LogP contribution < -0.4 is 0 Å². The second kappa shape index (κ2) is 4.85. The lowest BCUT2D eigenvalue weighted by atomic mass is 9.97. The molecule has 0 radical (unpaired) electrons. The van der Waals surface area contributed by atoms with Gasteiger partial charge < -0.3 is 15.3 Å². The quantitative estimate of drug-likeness (QED) is 0.734. The summed E-state index contributed by atoms with van der Waals surface area (Å²) in [4.78, 5) is 10.5. The zero-order valence-corrected chi connectivity index (χ0v) is 9.25. The van der Waals surface area contributed by atoms with Crippen molar-refractivity contribution >= 4 is 5.97 Å². The highest BCUT2D eigenvalue weighted by atomic mass is 19.4. The van der Waals surface area contributed by atoms with Gasteiger partial charge in [0.05, 0.1) is 5.56 Å². The Bertz CT molecular complexity index is 534. The van der Waals surface area contributed by atoms with Crippen molar-refractivity contribution in [1.82, 2.24) is 0 Å². The van der Waals surface area contributed by atoms with Gasteiger partial charge in [0.2, 0.25) is 0 Å². The smallest absolute Gasteiger partial charge is 0.420 e. The number of aliphatic hydroxyl groups is 1. The molecule has 1 unspecified atom stereocenters. The van der Waals surface area contributed by atoms with Gasteiger partial charge in [-0.25, -0.2) is 4.79 Å². The van der Waals surface area contributed by atoms with Gasteiger partial charge in [0.25, 0.3) is 0 Å². The number of phenolic OH excluding ortho intramolecular Hbond substituents is 1. The molecule has 4 nitrogen and oxygen atoms in total. The summed E-state index contributed by atoms with van der Waals surface area (Å²) in [6.07, 6.45) is -13.5. The molecule has 0 saturated carbocycles. The number of carbonyl (C=O) groups is 1. The van der Waals surface area contributed by atoms with Crippen LogP contribution in [0.2, 0.25) is 0 Å². The van der Waals surface area contributed by atoms with E-state index in [1.54, 1.807) is 0 Å². The van der Waals surface area contributed by atoms with Crippen molar-refractivity contribution in [2.75, 3.05) is 0 Å². The molecule has 0 aliphatic rings. The molecule has 0 fully saturated rings. The van der Waals surface area contributed by atoms with E-state index < -0.39 is 46.9 Å². The van der Waals surface area contributed by atoms with Crippen LogP contribution in [-0.2, 0) is 17.1 Å². The second-order valence-corrected chi connectivity index (χ2v) is 3.66. The Morgan fingerprint density at radius 2 is 1.55 bits per heavy atom. The number of carboxylic acids is 1. The molecule has 0 spiro atoms. The van der Waals surface area contributed by atoms with E-state index in [9.17, 15) is 31.1 Å². The maximum Gasteiger partial charge on any atom is 0.420 e. The Balaban J connectivity index is 3.66. The molecule has 1 rings (SSSR count). The molecule has 3 N–H and O–H groups in total. The molecule has 1 aromatic carbocycles. The SMILES string of the molecule is O=C(O)C(O)c1ccc(C(F)(F)F)c(O)c1C(F)(F)F. The number of hydrogen-bond donors (Lipinski definition) is 3. The van der Waals surface area contributed by atoms with Crippen LogP contribution in [0.25, 0.3) is 0 Å². The summed E-state index contributed by atoms with van der Waals surface area (Å²) >= 11 is 0.